The van der Waals surface area contributed by atoms with E-state index in [9.17, 15) is 9.65 Å². The van der Waals surface area contributed by atoms with E-state index in [1.165, 1.54) is 6.07 Å². The molecule has 4 heteroatoms. The van der Waals surface area contributed by atoms with Crippen LogP contribution in [0.5, 0.6) is 0 Å². The zero-order valence-electron chi connectivity index (χ0n) is 11.1. The van der Waals surface area contributed by atoms with Crippen LogP contribution in [0.15, 0.2) is 24.3 Å². The highest BCUT2D eigenvalue weighted by atomic mass is 19.1. The molecule has 0 bridgehead atoms. The van der Waals surface area contributed by atoms with Crippen molar-refractivity contribution in [2.24, 2.45) is 0 Å². The summed E-state index contributed by atoms with van der Waals surface area (Å²) in [6, 6.07) is 8.71. The molecular formula is C15H14FN3. The molecule has 0 aliphatic heterocycles. The first-order chi connectivity index (χ1) is 9.01. The molecule has 1 aromatic carbocycles. The highest BCUT2D eigenvalue weighted by Crippen LogP contribution is 2.24. The Bertz CT molecular complexity index is 672. The van der Waals surface area contributed by atoms with Crippen LogP contribution >= 0.6 is 0 Å². The molecule has 1 N–H and O–H groups in total. The summed E-state index contributed by atoms with van der Waals surface area (Å²) in [4.78, 5) is 4.26. The Hall–Kier alpha value is -2.41. The van der Waals surface area contributed by atoms with Crippen molar-refractivity contribution < 1.29 is 4.39 Å². The van der Waals surface area contributed by atoms with Crippen molar-refractivity contribution in [1.82, 2.24) is 4.98 Å². The summed E-state index contributed by atoms with van der Waals surface area (Å²) in [7, 11) is 0. The van der Waals surface area contributed by atoms with E-state index >= 15 is 0 Å². The Morgan fingerprint density at radius 1 is 1.21 bits per heavy atom. The number of hydrogen-bond donors (Lipinski definition) is 1. The van der Waals surface area contributed by atoms with Crippen molar-refractivity contribution in [3.63, 3.8) is 0 Å². The van der Waals surface area contributed by atoms with E-state index in [2.05, 4.69) is 16.4 Å². The largest absolute Gasteiger partial charge is 0.354 e. The molecule has 19 heavy (non-hydrogen) atoms. The molecule has 1 heterocycles. The van der Waals surface area contributed by atoms with Crippen LogP contribution in [0.4, 0.5) is 15.8 Å². The summed E-state index contributed by atoms with van der Waals surface area (Å²) < 4.78 is 13.2. The van der Waals surface area contributed by atoms with Gasteiger partial charge in [0.1, 0.15) is 11.9 Å². The van der Waals surface area contributed by atoms with Gasteiger partial charge in [0.15, 0.2) is 0 Å². The van der Waals surface area contributed by atoms with Gasteiger partial charge >= 0.3 is 0 Å². The van der Waals surface area contributed by atoms with Crippen LogP contribution in [0.25, 0.3) is 0 Å². The lowest BCUT2D eigenvalue weighted by molar-refractivity contribution is 0.619. The normalized spacial score (nSPS) is 10.1. The average molecular weight is 255 g/mol. The fraction of sp³-hybridized carbons (Fsp3) is 0.200. The molecule has 0 fully saturated rings. The Morgan fingerprint density at radius 3 is 2.58 bits per heavy atom. The first-order valence-electron chi connectivity index (χ1n) is 5.93. The van der Waals surface area contributed by atoms with Crippen molar-refractivity contribution in [2.75, 3.05) is 5.32 Å². The smallest absolute Gasteiger partial charge is 0.126 e. The van der Waals surface area contributed by atoms with Crippen molar-refractivity contribution >= 4 is 11.4 Å². The van der Waals surface area contributed by atoms with Gasteiger partial charge in [0, 0.05) is 11.4 Å². The number of halogens is 1. The van der Waals surface area contributed by atoms with Crippen LogP contribution in [0.1, 0.15) is 22.5 Å². The van der Waals surface area contributed by atoms with Gasteiger partial charge in [0.25, 0.3) is 0 Å². The molecule has 0 amide bonds. The minimum absolute atomic E-state index is 0.242. The number of anilines is 2. The number of nitrogens with one attached hydrogen (secondary N) is 1. The number of rotatable bonds is 2. The van der Waals surface area contributed by atoms with E-state index in [-0.39, 0.29) is 5.82 Å². The van der Waals surface area contributed by atoms with Gasteiger partial charge in [-0.1, -0.05) is 0 Å². The van der Waals surface area contributed by atoms with Crippen LogP contribution < -0.4 is 5.32 Å². The second kappa shape index (κ2) is 5.07. The van der Waals surface area contributed by atoms with Gasteiger partial charge in [-0.15, -0.1) is 0 Å². The van der Waals surface area contributed by atoms with Crippen molar-refractivity contribution in [3.05, 3.63) is 52.6 Å². The quantitative estimate of drug-likeness (QED) is 0.888. The number of benzene rings is 1. The fourth-order valence-corrected chi connectivity index (χ4v) is 1.95. The van der Waals surface area contributed by atoms with Crippen LogP contribution in [0.2, 0.25) is 0 Å². The third-order valence-corrected chi connectivity index (χ3v) is 2.88. The van der Waals surface area contributed by atoms with Gasteiger partial charge in [-0.3, -0.25) is 4.98 Å². The molecule has 0 unspecified atom stereocenters. The van der Waals surface area contributed by atoms with Gasteiger partial charge < -0.3 is 5.32 Å². The van der Waals surface area contributed by atoms with Crippen molar-refractivity contribution in [2.45, 2.75) is 20.8 Å². The second-order valence-electron chi connectivity index (χ2n) is 4.47. The first-order valence-corrected chi connectivity index (χ1v) is 5.93. The van der Waals surface area contributed by atoms with Gasteiger partial charge in [-0.2, -0.15) is 5.26 Å². The minimum atomic E-state index is -0.242. The van der Waals surface area contributed by atoms with Crippen molar-refractivity contribution in [3.8, 4) is 6.07 Å². The van der Waals surface area contributed by atoms with Gasteiger partial charge in [-0.05, 0) is 50.6 Å². The Kier molecular flexibility index (Phi) is 3.48. The molecule has 3 nitrogen and oxygen atoms in total. The fourth-order valence-electron chi connectivity index (χ4n) is 1.95. The van der Waals surface area contributed by atoms with E-state index in [4.69, 9.17) is 0 Å². The topological polar surface area (TPSA) is 48.7 Å². The summed E-state index contributed by atoms with van der Waals surface area (Å²) >= 11 is 0. The maximum atomic E-state index is 13.2. The summed E-state index contributed by atoms with van der Waals surface area (Å²) in [5.74, 6) is -0.242. The van der Waals surface area contributed by atoms with E-state index in [1.807, 2.05) is 13.0 Å². The number of aryl methyl sites for hydroxylation is 3. The maximum Gasteiger partial charge on any atom is 0.126 e. The number of nitriles is 1. The molecular weight excluding hydrogens is 241 g/mol. The molecule has 0 saturated heterocycles. The van der Waals surface area contributed by atoms with Crippen molar-refractivity contribution in [1.29, 1.82) is 5.26 Å². The zero-order valence-corrected chi connectivity index (χ0v) is 11.1. The molecule has 1 aromatic heterocycles. The van der Waals surface area contributed by atoms with E-state index in [1.54, 1.807) is 26.0 Å². The third kappa shape index (κ3) is 2.71. The Morgan fingerprint density at radius 2 is 1.95 bits per heavy atom. The first kappa shape index (κ1) is 13.0. The molecule has 0 atom stereocenters. The SMILES string of the molecule is Cc1cc(Nc2ccc(F)c(C)c2)c(C#N)c(C)n1. The maximum absolute atomic E-state index is 13.2. The molecule has 96 valence electrons. The molecule has 2 aromatic rings. The lowest BCUT2D eigenvalue weighted by Gasteiger charge is -2.11. The molecule has 0 aliphatic rings. The third-order valence-electron chi connectivity index (χ3n) is 2.88. The second-order valence-corrected chi connectivity index (χ2v) is 4.47. The Labute approximate surface area is 111 Å². The highest BCUT2D eigenvalue weighted by molar-refractivity contribution is 5.68. The van der Waals surface area contributed by atoms with Gasteiger partial charge in [0.2, 0.25) is 0 Å². The van der Waals surface area contributed by atoms with Gasteiger partial charge in [-0.25, -0.2) is 4.39 Å². The molecule has 0 saturated carbocycles. The van der Waals surface area contributed by atoms with Crippen LogP contribution in [-0.4, -0.2) is 4.98 Å². The Balaban J connectivity index is 2.43. The lowest BCUT2D eigenvalue weighted by atomic mass is 10.1. The number of aromatic nitrogens is 1. The minimum Gasteiger partial charge on any atom is -0.354 e. The standard InChI is InChI=1S/C15H14FN3/c1-9-6-12(4-5-14(9)16)19-15-7-10(2)18-11(3)13(15)8-17/h4-7H,1-3H3,(H,18,19). The van der Waals surface area contributed by atoms with E-state index in [0.29, 0.717) is 22.5 Å². The van der Waals surface area contributed by atoms with Crippen LogP contribution in [-0.2, 0) is 0 Å². The van der Waals surface area contributed by atoms with Crippen LogP contribution in [0, 0.1) is 37.9 Å². The van der Waals surface area contributed by atoms with E-state index < -0.39 is 0 Å². The summed E-state index contributed by atoms with van der Waals surface area (Å²) in [6.07, 6.45) is 0. The monoisotopic (exact) mass is 255 g/mol. The zero-order chi connectivity index (χ0) is 14.0. The molecule has 0 spiro atoms. The number of pyridine rings is 1. The molecule has 0 radical (unpaired) electrons. The predicted molar refractivity (Wildman–Crippen MR) is 72.8 cm³/mol. The predicted octanol–water partition coefficient (Wildman–Crippen LogP) is 3.76. The lowest BCUT2D eigenvalue weighted by Crippen LogP contribution is -2.00. The highest BCUT2D eigenvalue weighted by Gasteiger charge is 2.08. The van der Waals surface area contributed by atoms with Gasteiger partial charge in [0.05, 0.1) is 16.9 Å². The number of hydrogen-bond acceptors (Lipinski definition) is 3. The molecule has 0 aliphatic carbocycles. The molecule has 2 rings (SSSR count). The number of nitrogens with zero attached hydrogens (tertiary/aromatic N) is 2. The summed E-state index contributed by atoms with van der Waals surface area (Å²) in [6.45, 7) is 5.37. The van der Waals surface area contributed by atoms with Crippen LogP contribution in [0.3, 0.4) is 0 Å². The van der Waals surface area contributed by atoms with E-state index in [0.717, 1.165) is 11.4 Å². The average Bonchev–Trinajstić information content (AvgIpc) is 2.33. The summed E-state index contributed by atoms with van der Waals surface area (Å²) in [5.41, 5.74) is 4.03. The summed E-state index contributed by atoms with van der Waals surface area (Å²) in [5, 5.41) is 12.3.